The maximum Gasteiger partial charge on any atom is 0.184 e. The lowest BCUT2D eigenvalue weighted by atomic mass is 9.69. The van der Waals surface area contributed by atoms with Gasteiger partial charge in [-0.15, -0.1) is 0 Å². The molecule has 0 aromatic carbocycles. The van der Waals surface area contributed by atoms with Crippen molar-refractivity contribution in [1.82, 2.24) is 5.43 Å². The SMILES string of the molecule is C[C@H]1[C@@H]2C[C@@H](C/C2=N/NC(N)=S)C1(C)C. The van der Waals surface area contributed by atoms with Crippen molar-refractivity contribution in [2.24, 2.45) is 34.0 Å². The van der Waals surface area contributed by atoms with Crippen molar-refractivity contribution < 1.29 is 0 Å². The van der Waals surface area contributed by atoms with Crippen LogP contribution < -0.4 is 11.2 Å². The Balaban J connectivity index is 2.12. The van der Waals surface area contributed by atoms with Gasteiger partial charge in [-0.3, -0.25) is 5.43 Å². The van der Waals surface area contributed by atoms with E-state index >= 15 is 0 Å². The maximum atomic E-state index is 5.37. The van der Waals surface area contributed by atoms with Gasteiger partial charge in [0.05, 0.1) is 0 Å². The lowest BCUT2D eigenvalue weighted by Gasteiger charge is -2.36. The highest BCUT2D eigenvalue weighted by Gasteiger charge is 2.53. The van der Waals surface area contributed by atoms with Crippen LogP contribution in [-0.2, 0) is 0 Å². The van der Waals surface area contributed by atoms with Crippen LogP contribution in [-0.4, -0.2) is 10.8 Å². The van der Waals surface area contributed by atoms with Crippen molar-refractivity contribution in [1.29, 1.82) is 0 Å². The highest BCUT2D eigenvalue weighted by atomic mass is 32.1. The van der Waals surface area contributed by atoms with Crippen LogP contribution in [0.2, 0.25) is 0 Å². The van der Waals surface area contributed by atoms with Crippen LogP contribution in [0.4, 0.5) is 0 Å². The minimum atomic E-state index is 0.261. The van der Waals surface area contributed by atoms with Crippen LogP contribution in [0.15, 0.2) is 5.10 Å². The molecule has 3 N–H and O–H groups in total. The number of hydrazone groups is 1. The van der Waals surface area contributed by atoms with Crippen molar-refractivity contribution >= 4 is 23.0 Å². The van der Waals surface area contributed by atoms with E-state index in [1.54, 1.807) is 0 Å². The lowest BCUT2D eigenvalue weighted by molar-refractivity contribution is 0.182. The van der Waals surface area contributed by atoms with Gasteiger partial charge in [0.2, 0.25) is 0 Å². The van der Waals surface area contributed by atoms with Crippen molar-refractivity contribution in [2.45, 2.75) is 33.6 Å². The third-order valence-corrected chi connectivity index (χ3v) is 4.65. The Hall–Kier alpha value is -0.640. The largest absolute Gasteiger partial charge is 0.375 e. The summed E-state index contributed by atoms with van der Waals surface area (Å²) in [7, 11) is 0. The van der Waals surface area contributed by atoms with E-state index in [-0.39, 0.29) is 5.11 Å². The third-order valence-electron chi connectivity index (χ3n) is 4.56. The van der Waals surface area contributed by atoms with Gasteiger partial charge < -0.3 is 5.73 Å². The van der Waals surface area contributed by atoms with Crippen molar-refractivity contribution in [3.05, 3.63) is 0 Å². The van der Waals surface area contributed by atoms with Gasteiger partial charge >= 0.3 is 0 Å². The zero-order valence-electron chi connectivity index (χ0n) is 9.58. The molecule has 3 atom stereocenters. The Morgan fingerprint density at radius 1 is 1.60 bits per heavy atom. The maximum absolute atomic E-state index is 5.37. The van der Waals surface area contributed by atoms with E-state index in [4.69, 9.17) is 18.0 Å². The summed E-state index contributed by atoms with van der Waals surface area (Å²) >= 11 is 4.75. The lowest BCUT2D eigenvalue weighted by Crippen LogP contribution is -2.35. The molecule has 0 saturated heterocycles. The Bertz CT molecular complexity index is 318. The molecule has 3 nitrogen and oxygen atoms in total. The minimum Gasteiger partial charge on any atom is -0.375 e. The summed E-state index contributed by atoms with van der Waals surface area (Å²) in [5.41, 5.74) is 9.82. The smallest absolute Gasteiger partial charge is 0.184 e. The Kier molecular flexibility index (Phi) is 2.49. The molecule has 0 aromatic heterocycles. The first-order valence-electron chi connectivity index (χ1n) is 5.55. The van der Waals surface area contributed by atoms with E-state index in [1.807, 2.05) is 0 Å². The first kappa shape index (κ1) is 10.9. The highest BCUT2D eigenvalue weighted by molar-refractivity contribution is 7.80. The van der Waals surface area contributed by atoms with Gasteiger partial charge in [0.15, 0.2) is 5.11 Å². The minimum absolute atomic E-state index is 0.261. The molecule has 2 aliphatic carbocycles. The average Bonchev–Trinajstić information content (AvgIpc) is 2.64. The fraction of sp³-hybridized carbons (Fsp3) is 0.818. The number of rotatable bonds is 1. The normalized spacial score (nSPS) is 39.7. The molecule has 0 amide bonds. The van der Waals surface area contributed by atoms with Crippen LogP contribution in [0.25, 0.3) is 0 Å². The molecular formula is C11H19N3S. The molecule has 0 radical (unpaired) electrons. The molecule has 2 saturated carbocycles. The van der Waals surface area contributed by atoms with Gasteiger partial charge in [-0.1, -0.05) is 20.8 Å². The summed E-state index contributed by atoms with van der Waals surface area (Å²) in [6.07, 6.45) is 2.39. The van der Waals surface area contributed by atoms with Crippen LogP contribution in [0.1, 0.15) is 33.6 Å². The van der Waals surface area contributed by atoms with Crippen molar-refractivity contribution in [3.63, 3.8) is 0 Å². The summed E-state index contributed by atoms with van der Waals surface area (Å²) < 4.78 is 0. The predicted octanol–water partition coefficient (Wildman–Crippen LogP) is 1.88. The number of nitrogens with two attached hydrogens (primary N) is 1. The van der Waals surface area contributed by atoms with Gasteiger partial charge in [0.1, 0.15) is 0 Å². The second-order valence-corrected chi connectivity index (χ2v) is 5.87. The third kappa shape index (κ3) is 1.65. The van der Waals surface area contributed by atoms with Gasteiger partial charge in [0.25, 0.3) is 0 Å². The zero-order chi connectivity index (χ0) is 11.2. The first-order valence-corrected chi connectivity index (χ1v) is 5.95. The molecule has 2 rings (SSSR count). The van der Waals surface area contributed by atoms with E-state index in [0.29, 0.717) is 17.3 Å². The topological polar surface area (TPSA) is 50.4 Å². The summed E-state index contributed by atoms with van der Waals surface area (Å²) in [5, 5.41) is 4.58. The number of nitrogens with one attached hydrogen (secondary N) is 1. The van der Waals surface area contributed by atoms with Crippen LogP contribution >= 0.6 is 12.2 Å². The Morgan fingerprint density at radius 3 is 2.73 bits per heavy atom. The summed E-state index contributed by atoms with van der Waals surface area (Å²) in [4.78, 5) is 0. The van der Waals surface area contributed by atoms with Crippen molar-refractivity contribution in [2.75, 3.05) is 0 Å². The van der Waals surface area contributed by atoms with Gasteiger partial charge in [-0.2, -0.15) is 5.10 Å². The number of hydrogen-bond donors (Lipinski definition) is 2. The van der Waals surface area contributed by atoms with E-state index in [9.17, 15) is 0 Å². The summed E-state index contributed by atoms with van der Waals surface area (Å²) in [5.74, 6) is 2.12. The van der Waals surface area contributed by atoms with Crippen LogP contribution in [0, 0.1) is 23.2 Å². The zero-order valence-corrected chi connectivity index (χ0v) is 10.4. The predicted molar refractivity (Wildman–Crippen MR) is 66.5 cm³/mol. The molecule has 4 heteroatoms. The Labute approximate surface area is 96.5 Å². The molecule has 15 heavy (non-hydrogen) atoms. The molecule has 0 spiro atoms. The fourth-order valence-corrected chi connectivity index (χ4v) is 3.18. The molecular weight excluding hydrogens is 206 g/mol. The molecule has 0 heterocycles. The van der Waals surface area contributed by atoms with Crippen LogP contribution in [0.3, 0.4) is 0 Å². The number of thiocarbonyl (C=S) groups is 1. The quantitative estimate of drug-likeness (QED) is 0.529. The molecule has 2 bridgehead atoms. The van der Waals surface area contributed by atoms with E-state index < -0.39 is 0 Å². The molecule has 2 fully saturated rings. The van der Waals surface area contributed by atoms with E-state index in [2.05, 4.69) is 31.3 Å². The monoisotopic (exact) mass is 225 g/mol. The van der Waals surface area contributed by atoms with E-state index in [1.165, 1.54) is 12.1 Å². The van der Waals surface area contributed by atoms with Crippen molar-refractivity contribution in [3.8, 4) is 0 Å². The van der Waals surface area contributed by atoms with Gasteiger partial charge in [0, 0.05) is 11.6 Å². The molecule has 0 unspecified atom stereocenters. The van der Waals surface area contributed by atoms with Gasteiger partial charge in [-0.05, 0) is 42.3 Å². The molecule has 0 aliphatic heterocycles. The van der Waals surface area contributed by atoms with Crippen LogP contribution in [0.5, 0.6) is 0 Å². The second-order valence-electron chi connectivity index (χ2n) is 5.43. The summed E-state index contributed by atoms with van der Waals surface area (Å²) in [6.45, 7) is 7.08. The second kappa shape index (κ2) is 3.44. The standard InChI is InChI=1S/C11H19N3S/c1-6-8-4-7(11(6,2)3)5-9(8)13-14-10(12)15/h6-8H,4-5H2,1-3H3,(H3,12,14,15)/b13-9-/t6-,7-,8-/m0/s1. The average molecular weight is 225 g/mol. The van der Waals surface area contributed by atoms with Gasteiger partial charge in [-0.25, -0.2) is 0 Å². The molecule has 0 aromatic rings. The first-order chi connectivity index (χ1) is 6.93. The fourth-order valence-electron chi connectivity index (χ4n) is 3.13. The Morgan fingerprint density at radius 2 is 2.27 bits per heavy atom. The van der Waals surface area contributed by atoms with E-state index in [0.717, 1.165) is 12.3 Å². The summed E-state index contributed by atoms with van der Waals surface area (Å²) in [6, 6.07) is 0. The highest BCUT2D eigenvalue weighted by Crippen LogP contribution is 2.57. The number of nitrogens with zero attached hydrogens (tertiary/aromatic N) is 1. The molecule has 2 aliphatic rings. The number of hydrogen-bond acceptors (Lipinski definition) is 2. The molecule has 84 valence electrons. The number of fused-ring (bicyclic) bond motifs is 2.